The first kappa shape index (κ1) is 14.5. The summed E-state index contributed by atoms with van der Waals surface area (Å²) in [5.74, 6) is 0.425. The Morgan fingerprint density at radius 3 is 3.00 bits per heavy atom. The molecule has 0 saturated heterocycles. The molecule has 0 aliphatic rings. The third-order valence-electron chi connectivity index (χ3n) is 2.68. The van der Waals surface area contributed by atoms with Crippen molar-refractivity contribution in [3.8, 4) is 0 Å². The molecule has 0 aromatic carbocycles. The minimum atomic E-state index is -0.854. The molecule has 0 fully saturated rings. The highest BCUT2D eigenvalue weighted by molar-refractivity contribution is 7.09. The topological polar surface area (TPSA) is 87.4 Å². The van der Waals surface area contributed by atoms with E-state index in [1.807, 2.05) is 19.2 Å². The van der Waals surface area contributed by atoms with Crippen LogP contribution in [0.25, 0.3) is 0 Å². The molecular formula is C13H17N3O3S. The summed E-state index contributed by atoms with van der Waals surface area (Å²) in [6.45, 7) is 3.86. The van der Waals surface area contributed by atoms with E-state index in [9.17, 15) is 9.90 Å². The minimum absolute atomic E-state index is 0.0863. The van der Waals surface area contributed by atoms with Crippen LogP contribution < -0.4 is 10.6 Å². The molecular weight excluding hydrogens is 278 g/mol. The fourth-order valence-electron chi connectivity index (χ4n) is 1.65. The van der Waals surface area contributed by atoms with Crippen LogP contribution in [0.15, 0.2) is 28.2 Å². The van der Waals surface area contributed by atoms with Crippen molar-refractivity contribution in [2.45, 2.75) is 26.0 Å². The summed E-state index contributed by atoms with van der Waals surface area (Å²) in [5, 5.41) is 17.9. The smallest absolute Gasteiger partial charge is 0.315 e. The monoisotopic (exact) mass is 295 g/mol. The van der Waals surface area contributed by atoms with Crippen molar-refractivity contribution in [3.05, 3.63) is 40.2 Å². The fraction of sp³-hybridized carbons (Fsp3) is 0.385. The number of hydrogen-bond acceptors (Lipinski definition) is 5. The fourth-order valence-corrected chi connectivity index (χ4v) is 2.46. The van der Waals surface area contributed by atoms with Crippen LogP contribution >= 0.6 is 11.3 Å². The average Bonchev–Trinajstić information content (AvgIpc) is 3.06. The zero-order valence-electron chi connectivity index (χ0n) is 11.3. The summed E-state index contributed by atoms with van der Waals surface area (Å²) in [7, 11) is 0. The first-order valence-corrected chi connectivity index (χ1v) is 7.12. The van der Waals surface area contributed by atoms with Gasteiger partial charge in [0.1, 0.15) is 16.9 Å². The molecule has 108 valence electrons. The molecule has 3 N–H and O–H groups in total. The Morgan fingerprint density at radius 2 is 2.40 bits per heavy atom. The lowest BCUT2D eigenvalue weighted by atomic mass is 10.3. The highest BCUT2D eigenvalue weighted by atomic mass is 32.1. The number of thiazole rings is 1. The van der Waals surface area contributed by atoms with Gasteiger partial charge < -0.3 is 20.2 Å². The molecule has 2 amide bonds. The number of hydrogen-bond donors (Lipinski definition) is 3. The normalized spacial score (nSPS) is 13.8. The van der Waals surface area contributed by atoms with Gasteiger partial charge in [0.25, 0.3) is 0 Å². The van der Waals surface area contributed by atoms with Crippen LogP contribution in [-0.2, 0) is 0 Å². The van der Waals surface area contributed by atoms with E-state index >= 15 is 0 Å². The van der Waals surface area contributed by atoms with Gasteiger partial charge in [-0.1, -0.05) is 0 Å². The van der Waals surface area contributed by atoms with Crippen molar-refractivity contribution in [1.82, 2.24) is 15.6 Å². The van der Waals surface area contributed by atoms with E-state index in [2.05, 4.69) is 15.6 Å². The summed E-state index contributed by atoms with van der Waals surface area (Å²) in [4.78, 5) is 16.0. The number of aliphatic hydroxyl groups is 1. The molecule has 20 heavy (non-hydrogen) atoms. The number of urea groups is 1. The second kappa shape index (κ2) is 6.53. The predicted molar refractivity (Wildman–Crippen MR) is 75.5 cm³/mol. The predicted octanol–water partition coefficient (Wildman–Crippen LogP) is 2.14. The number of amides is 2. The number of aryl methyl sites for hydroxylation is 1. The van der Waals surface area contributed by atoms with E-state index < -0.39 is 6.10 Å². The second-order valence-corrected chi connectivity index (χ2v) is 5.32. The largest absolute Gasteiger partial charge is 0.467 e. The number of carbonyl (C=O) groups is 1. The second-order valence-electron chi connectivity index (χ2n) is 4.43. The van der Waals surface area contributed by atoms with E-state index in [-0.39, 0.29) is 18.6 Å². The Kier molecular flexibility index (Phi) is 4.75. The Bertz CT molecular complexity index is 553. The van der Waals surface area contributed by atoms with Crippen LogP contribution in [-0.4, -0.2) is 22.7 Å². The lowest BCUT2D eigenvalue weighted by molar-refractivity contribution is 0.147. The van der Waals surface area contributed by atoms with Crippen molar-refractivity contribution < 1.29 is 14.3 Å². The molecule has 2 aromatic heterocycles. The number of carbonyl (C=O) groups excluding carboxylic acids is 1. The van der Waals surface area contributed by atoms with Gasteiger partial charge in [-0.25, -0.2) is 9.78 Å². The molecule has 0 aliphatic heterocycles. The molecule has 7 heteroatoms. The van der Waals surface area contributed by atoms with Crippen molar-refractivity contribution in [2.24, 2.45) is 0 Å². The lowest BCUT2D eigenvalue weighted by Gasteiger charge is -2.14. The van der Waals surface area contributed by atoms with Crippen molar-refractivity contribution in [1.29, 1.82) is 0 Å². The van der Waals surface area contributed by atoms with E-state index in [4.69, 9.17) is 4.42 Å². The van der Waals surface area contributed by atoms with Crippen molar-refractivity contribution in [3.63, 3.8) is 0 Å². The maximum atomic E-state index is 11.7. The molecule has 0 bridgehead atoms. The van der Waals surface area contributed by atoms with E-state index in [0.29, 0.717) is 5.76 Å². The third-order valence-corrected chi connectivity index (χ3v) is 3.83. The van der Waals surface area contributed by atoms with Gasteiger partial charge in [-0.2, -0.15) is 0 Å². The molecule has 0 saturated carbocycles. The molecule has 0 spiro atoms. The van der Waals surface area contributed by atoms with E-state index in [0.717, 1.165) is 10.7 Å². The molecule has 0 aliphatic carbocycles. The molecule has 2 rings (SSSR count). The van der Waals surface area contributed by atoms with E-state index in [1.54, 1.807) is 12.1 Å². The Balaban J connectivity index is 1.78. The minimum Gasteiger partial charge on any atom is -0.467 e. The van der Waals surface area contributed by atoms with Crippen LogP contribution in [0.2, 0.25) is 0 Å². The van der Waals surface area contributed by atoms with Crippen LogP contribution in [0.1, 0.15) is 35.5 Å². The van der Waals surface area contributed by atoms with Crippen LogP contribution in [0, 0.1) is 6.92 Å². The van der Waals surface area contributed by atoms with Gasteiger partial charge in [0.15, 0.2) is 0 Å². The average molecular weight is 295 g/mol. The van der Waals surface area contributed by atoms with Gasteiger partial charge in [-0.3, -0.25) is 0 Å². The first-order chi connectivity index (χ1) is 9.56. The first-order valence-electron chi connectivity index (χ1n) is 6.24. The molecule has 2 atom stereocenters. The maximum Gasteiger partial charge on any atom is 0.315 e. The zero-order chi connectivity index (χ0) is 14.5. The van der Waals surface area contributed by atoms with Gasteiger partial charge in [0, 0.05) is 11.1 Å². The summed E-state index contributed by atoms with van der Waals surface area (Å²) < 4.78 is 5.05. The van der Waals surface area contributed by atoms with Crippen molar-refractivity contribution in [2.75, 3.05) is 6.54 Å². The molecule has 2 aromatic rings. The van der Waals surface area contributed by atoms with Crippen LogP contribution in [0.4, 0.5) is 4.79 Å². The Hall–Kier alpha value is -1.86. The van der Waals surface area contributed by atoms with Crippen LogP contribution in [0.3, 0.4) is 0 Å². The summed E-state index contributed by atoms with van der Waals surface area (Å²) in [5.41, 5.74) is 0.937. The standard InChI is InChI=1S/C13H17N3O3S/c1-8-7-20-12(15-8)9(2)16-13(18)14-6-10(17)11-4-3-5-19-11/h3-5,7,9-10,17H,6H2,1-2H3,(H2,14,16,18). The number of furan rings is 1. The van der Waals surface area contributed by atoms with Gasteiger partial charge in [0.05, 0.1) is 18.8 Å². The Labute approximate surface area is 120 Å². The van der Waals surface area contributed by atoms with Gasteiger partial charge in [-0.15, -0.1) is 11.3 Å². The number of aliphatic hydroxyl groups excluding tert-OH is 1. The molecule has 2 heterocycles. The van der Waals surface area contributed by atoms with Gasteiger partial charge in [0.2, 0.25) is 0 Å². The highest BCUT2D eigenvalue weighted by Gasteiger charge is 2.15. The van der Waals surface area contributed by atoms with Gasteiger partial charge >= 0.3 is 6.03 Å². The lowest BCUT2D eigenvalue weighted by Crippen LogP contribution is -2.39. The summed E-state index contributed by atoms with van der Waals surface area (Å²) in [6, 6.07) is 2.82. The van der Waals surface area contributed by atoms with E-state index in [1.165, 1.54) is 17.6 Å². The molecule has 6 nitrogen and oxygen atoms in total. The number of aromatic nitrogens is 1. The molecule has 2 unspecified atom stereocenters. The van der Waals surface area contributed by atoms with Gasteiger partial charge in [-0.05, 0) is 26.0 Å². The SMILES string of the molecule is Cc1csc(C(C)NC(=O)NCC(O)c2ccco2)n1. The number of nitrogens with one attached hydrogen (secondary N) is 2. The highest BCUT2D eigenvalue weighted by Crippen LogP contribution is 2.17. The third kappa shape index (κ3) is 3.82. The summed E-state index contributed by atoms with van der Waals surface area (Å²) in [6.07, 6.45) is 0.624. The Morgan fingerprint density at radius 1 is 1.60 bits per heavy atom. The molecule has 0 radical (unpaired) electrons. The maximum absolute atomic E-state index is 11.7. The number of nitrogens with zero attached hydrogens (tertiary/aromatic N) is 1. The zero-order valence-corrected chi connectivity index (χ0v) is 12.1. The quantitative estimate of drug-likeness (QED) is 0.788. The van der Waals surface area contributed by atoms with Crippen LogP contribution in [0.5, 0.6) is 0 Å². The van der Waals surface area contributed by atoms with Crippen molar-refractivity contribution >= 4 is 17.4 Å². The summed E-state index contributed by atoms with van der Waals surface area (Å²) >= 11 is 1.50. The number of rotatable bonds is 5.